The smallest absolute Gasteiger partial charge is 0.306 e. The maximum Gasteiger partial charge on any atom is 0.306 e. The summed E-state index contributed by atoms with van der Waals surface area (Å²) in [7, 11) is 0. The molecule has 1 saturated carbocycles. The van der Waals surface area contributed by atoms with Crippen LogP contribution in [0.2, 0.25) is 5.02 Å². The summed E-state index contributed by atoms with van der Waals surface area (Å²) in [6, 6.07) is 1.66. The van der Waals surface area contributed by atoms with E-state index in [4.69, 9.17) is 16.7 Å². The van der Waals surface area contributed by atoms with E-state index in [9.17, 15) is 9.59 Å². The standard InChI is InChI=1S/C15H19ClN2O3/c1-9-6-13(16)12(8-17-9)14(19)18-7-10-2-4-11(5-3-10)15(20)21/h6,8,10-11H,2-5,7H2,1H3,(H,18,19)(H,20,21). The molecule has 0 atom stereocenters. The third kappa shape index (κ3) is 4.17. The summed E-state index contributed by atoms with van der Waals surface area (Å²) in [6.45, 7) is 2.36. The second kappa shape index (κ2) is 6.89. The van der Waals surface area contributed by atoms with Crippen molar-refractivity contribution < 1.29 is 14.7 Å². The number of carboxylic acids is 1. The molecule has 2 rings (SSSR count). The zero-order chi connectivity index (χ0) is 15.4. The number of halogens is 1. The Bertz CT molecular complexity index is 540. The molecule has 0 radical (unpaired) electrons. The van der Waals surface area contributed by atoms with E-state index in [0.29, 0.717) is 35.9 Å². The van der Waals surface area contributed by atoms with Gasteiger partial charge in [-0.1, -0.05) is 11.6 Å². The zero-order valence-corrected chi connectivity index (χ0v) is 12.7. The van der Waals surface area contributed by atoms with Crippen LogP contribution in [0.4, 0.5) is 0 Å². The maximum atomic E-state index is 12.1. The molecule has 1 aliphatic rings. The Hall–Kier alpha value is -1.62. The predicted molar refractivity (Wildman–Crippen MR) is 79.4 cm³/mol. The van der Waals surface area contributed by atoms with Gasteiger partial charge in [0.05, 0.1) is 16.5 Å². The molecule has 0 aromatic carbocycles. The van der Waals surface area contributed by atoms with Gasteiger partial charge in [-0.05, 0) is 44.6 Å². The number of hydrogen-bond acceptors (Lipinski definition) is 3. The van der Waals surface area contributed by atoms with Gasteiger partial charge < -0.3 is 10.4 Å². The van der Waals surface area contributed by atoms with Crippen molar-refractivity contribution in [3.8, 4) is 0 Å². The van der Waals surface area contributed by atoms with Crippen molar-refractivity contribution in [2.45, 2.75) is 32.6 Å². The highest BCUT2D eigenvalue weighted by Gasteiger charge is 2.26. The number of carbonyl (C=O) groups is 2. The molecular weight excluding hydrogens is 292 g/mol. The number of hydrogen-bond donors (Lipinski definition) is 2. The third-order valence-corrected chi connectivity index (χ3v) is 4.29. The van der Waals surface area contributed by atoms with Crippen molar-refractivity contribution in [3.05, 3.63) is 28.5 Å². The summed E-state index contributed by atoms with van der Waals surface area (Å²) in [4.78, 5) is 27.0. The van der Waals surface area contributed by atoms with E-state index >= 15 is 0 Å². The molecule has 1 aromatic heterocycles. The van der Waals surface area contributed by atoms with Crippen molar-refractivity contribution >= 4 is 23.5 Å². The number of aliphatic carboxylic acids is 1. The normalized spacial score (nSPS) is 21.8. The summed E-state index contributed by atoms with van der Waals surface area (Å²) in [5.41, 5.74) is 1.14. The predicted octanol–water partition coefficient (Wildman–Crippen LogP) is 2.66. The van der Waals surface area contributed by atoms with E-state index < -0.39 is 5.97 Å². The second-order valence-electron chi connectivity index (χ2n) is 5.57. The number of carboxylic acid groups (broad SMARTS) is 1. The van der Waals surface area contributed by atoms with Crippen LogP contribution in [0.1, 0.15) is 41.7 Å². The molecule has 1 heterocycles. The van der Waals surface area contributed by atoms with Crippen molar-refractivity contribution in [1.82, 2.24) is 10.3 Å². The molecule has 21 heavy (non-hydrogen) atoms. The van der Waals surface area contributed by atoms with Crippen LogP contribution in [0.5, 0.6) is 0 Å². The molecular formula is C15H19ClN2O3. The number of carbonyl (C=O) groups excluding carboxylic acids is 1. The Morgan fingerprint density at radius 1 is 1.38 bits per heavy atom. The molecule has 1 fully saturated rings. The van der Waals surface area contributed by atoms with Gasteiger partial charge in [-0.15, -0.1) is 0 Å². The lowest BCUT2D eigenvalue weighted by molar-refractivity contribution is -0.143. The topological polar surface area (TPSA) is 79.3 Å². The van der Waals surface area contributed by atoms with Gasteiger partial charge in [0, 0.05) is 18.4 Å². The van der Waals surface area contributed by atoms with Crippen LogP contribution in [-0.2, 0) is 4.79 Å². The lowest BCUT2D eigenvalue weighted by Gasteiger charge is -2.26. The number of aryl methyl sites for hydroxylation is 1. The first-order chi connectivity index (χ1) is 9.97. The highest BCUT2D eigenvalue weighted by atomic mass is 35.5. The molecule has 1 aliphatic carbocycles. The monoisotopic (exact) mass is 310 g/mol. The summed E-state index contributed by atoms with van der Waals surface area (Å²) in [5.74, 6) is -0.836. The Kier molecular flexibility index (Phi) is 5.17. The minimum Gasteiger partial charge on any atom is -0.481 e. The molecule has 0 spiro atoms. The number of nitrogens with zero attached hydrogens (tertiary/aromatic N) is 1. The van der Waals surface area contributed by atoms with Crippen LogP contribution in [-0.4, -0.2) is 28.5 Å². The first-order valence-corrected chi connectivity index (χ1v) is 7.48. The quantitative estimate of drug-likeness (QED) is 0.896. The van der Waals surface area contributed by atoms with Gasteiger partial charge in [0.2, 0.25) is 0 Å². The van der Waals surface area contributed by atoms with Crippen molar-refractivity contribution in [2.75, 3.05) is 6.54 Å². The number of nitrogens with one attached hydrogen (secondary N) is 1. The Labute approximate surface area is 128 Å². The van der Waals surface area contributed by atoms with E-state index in [0.717, 1.165) is 18.5 Å². The maximum absolute atomic E-state index is 12.1. The third-order valence-electron chi connectivity index (χ3n) is 3.98. The molecule has 1 amide bonds. The van der Waals surface area contributed by atoms with Gasteiger partial charge in [0.1, 0.15) is 0 Å². The zero-order valence-electron chi connectivity index (χ0n) is 11.9. The van der Waals surface area contributed by atoms with Crippen molar-refractivity contribution in [3.63, 3.8) is 0 Å². The second-order valence-corrected chi connectivity index (χ2v) is 5.98. The van der Waals surface area contributed by atoms with Crippen LogP contribution >= 0.6 is 11.6 Å². The number of pyridine rings is 1. The first kappa shape index (κ1) is 15.8. The number of rotatable bonds is 4. The van der Waals surface area contributed by atoms with Gasteiger partial charge in [0.25, 0.3) is 5.91 Å². The minimum absolute atomic E-state index is 0.229. The van der Waals surface area contributed by atoms with E-state index in [1.54, 1.807) is 6.07 Å². The van der Waals surface area contributed by atoms with Crippen LogP contribution in [0.3, 0.4) is 0 Å². The Morgan fingerprint density at radius 3 is 2.62 bits per heavy atom. The summed E-state index contributed by atoms with van der Waals surface area (Å²) in [6.07, 6.45) is 4.51. The molecule has 0 bridgehead atoms. The molecule has 114 valence electrons. The fourth-order valence-corrected chi connectivity index (χ4v) is 2.93. The molecule has 1 aromatic rings. The van der Waals surface area contributed by atoms with Crippen molar-refractivity contribution in [1.29, 1.82) is 0 Å². The SMILES string of the molecule is Cc1cc(Cl)c(C(=O)NCC2CCC(C(=O)O)CC2)cn1. The van der Waals surface area contributed by atoms with Gasteiger partial charge in [-0.2, -0.15) is 0 Å². The van der Waals surface area contributed by atoms with Crippen LogP contribution < -0.4 is 5.32 Å². The molecule has 2 N–H and O–H groups in total. The van der Waals surface area contributed by atoms with Gasteiger partial charge in [0.15, 0.2) is 0 Å². The average Bonchev–Trinajstić information content (AvgIpc) is 2.45. The van der Waals surface area contributed by atoms with E-state index in [-0.39, 0.29) is 11.8 Å². The summed E-state index contributed by atoms with van der Waals surface area (Å²) in [5, 5.41) is 12.2. The fourth-order valence-electron chi connectivity index (χ4n) is 2.64. The minimum atomic E-state index is -0.713. The van der Waals surface area contributed by atoms with Crippen LogP contribution in [0, 0.1) is 18.8 Å². The first-order valence-electron chi connectivity index (χ1n) is 7.10. The fraction of sp³-hybridized carbons (Fsp3) is 0.533. The molecule has 5 nitrogen and oxygen atoms in total. The average molecular weight is 311 g/mol. The van der Waals surface area contributed by atoms with E-state index in [1.807, 2.05) is 6.92 Å². The lowest BCUT2D eigenvalue weighted by Crippen LogP contribution is -2.32. The molecule has 0 unspecified atom stereocenters. The molecule has 0 aliphatic heterocycles. The van der Waals surface area contributed by atoms with Gasteiger partial charge in [-0.25, -0.2) is 0 Å². The van der Waals surface area contributed by atoms with Crippen LogP contribution in [0.25, 0.3) is 0 Å². The Morgan fingerprint density at radius 2 is 2.05 bits per heavy atom. The lowest BCUT2D eigenvalue weighted by atomic mass is 9.82. The van der Waals surface area contributed by atoms with Gasteiger partial charge >= 0.3 is 5.97 Å². The largest absolute Gasteiger partial charge is 0.481 e. The number of amides is 1. The molecule has 6 heteroatoms. The highest BCUT2D eigenvalue weighted by Crippen LogP contribution is 2.28. The summed E-state index contributed by atoms with van der Waals surface area (Å²) < 4.78 is 0. The number of aromatic nitrogens is 1. The Balaban J connectivity index is 1.83. The van der Waals surface area contributed by atoms with Crippen molar-refractivity contribution in [2.24, 2.45) is 11.8 Å². The highest BCUT2D eigenvalue weighted by molar-refractivity contribution is 6.33. The van der Waals surface area contributed by atoms with Crippen LogP contribution in [0.15, 0.2) is 12.3 Å². The molecule has 0 saturated heterocycles. The van der Waals surface area contributed by atoms with Gasteiger partial charge in [-0.3, -0.25) is 14.6 Å². The van der Waals surface area contributed by atoms with E-state index in [1.165, 1.54) is 6.20 Å². The van der Waals surface area contributed by atoms with E-state index in [2.05, 4.69) is 10.3 Å². The summed E-state index contributed by atoms with van der Waals surface area (Å²) >= 11 is 6.03.